The first-order valence-corrected chi connectivity index (χ1v) is 8.53. The van der Waals surface area contributed by atoms with Gasteiger partial charge in [-0.15, -0.1) is 0 Å². The van der Waals surface area contributed by atoms with E-state index in [0.717, 1.165) is 11.1 Å². The number of halogens is 3. The Labute approximate surface area is 156 Å². The van der Waals surface area contributed by atoms with Crippen LogP contribution in [0.5, 0.6) is 0 Å². The van der Waals surface area contributed by atoms with Gasteiger partial charge in [0.1, 0.15) is 23.3 Å². The third-order valence-corrected chi connectivity index (χ3v) is 4.45. The Kier molecular flexibility index (Phi) is 5.35. The second-order valence-electron chi connectivity index (χ2n) is 6.39. The van der Waals surface area contributed by atoms with Crippen LogP contribution in [0.25, 0.3) is 0 Å². The van der Waals surface area contributed by atoms with Gasteiger partial charge >= 0.3 is 0 Å². The monoisotopic (exact) mass is 371 g/mol. The van der Waals surface area contributed by atoms with Crippen LogP contribution < -0.4 is 10.6 Å². The van der Waals surface area contributed by atoms with E-state index >= 15 is 0 Å². The highest BCUT2D eigenvalue weighted by molar-refractivity contribution is 6.01. The lowest BCUT2D eigenvalue weighted by Gasteiger charge is -2.25. The largest absolute Gasteiger partial charge is 0.379 e. The molecule has 1 aliphatic rings. The van der Waals surface area contributed by atoms with Crippen LogP contribution in [-0.4, -0.2) is 12.4 Å². The predicted octanol–water partition coefficient (Wildman–Crippen LogP) is 4.59. The molecule has 0 saturated heterocycles. The number of nitrogens with zero attached hydrogens (tertiary/aromatic N) is 1. The van der Waals surface area contributed by atoms with Crippen LogP contribution in [-0.2, 0) is 0 Å². The summed E-state index contributed by atoms with van der Waals surface area (Å²) in [4.78, 5) is 4.23. The molecule has 140 valence electrons. The molecule has 0 radical (unpaired) electrons. The number of rotatable bonds is 5. The fraction of sp³-hybridized carbons (Fsp3) is 0.190. The lowest BCUT2D eigenvalue weighted by Crippen LogP contribution is -2.32. The average molecular weight is 371 g/mol. The van der Waals surface area contributed by atoms with Gasteiger partial charge in [0.15, 0.2) is 0 Å². The van der Waals surface area contributed by atoms with E-state index in [1.54, 1.807) is 6.92 Å². The van der Waals surface area contributed by atoms with E-state index in [4.69, 9.17) is 0 Å². The van der Waals surface area contributed by atoms with Gasteiger partial charge in [-0.25, -0.2) is 13.2 Å². The molecular formula is C21H20F3N3. The summed E-state index contributed by atoms with van der Waals surface area (Å²) in [5.41, 5.74) is 2.91. The van der Waals surface area contributed by atoms with Crippen molar-refractivity contribution in [3.63, 3.8) is 0 Å². The third-order valence-electron chi connectivity index (χ3n) is 4.45. The van der Waals surface area contributed by atoms with Gasteiger partial charge in [-0.2, -0.15) is 0 Å². The molecule has 2 N–H and O–H groups in total. The highest BCUT2D eigenvalue weighted by atomic mass is 19.1. The van der Waals surface area contributed by atoms with Crippen LogP contribution in [0.15, 0.2) is 71.0 Å². The third kappa shape index (κ3) is 4.05. The molecular weight excluding hydrogens is 351 g/mol. The summed E-state index contributed by atoms with van der Waals surface area (Å²) in [5.74, 6) is -2.92. The summed E-state index contributed by atoms with van der Waals surface area (Å²) in [7, 11) is 0. The molecule has 0 bridgehead atoms. The van der Waals surface area contributed by atoms with Gasteiger partial charge in [-0.05, 0) is 19.4 Å². The van der Waals surface area contributed by atoms with Crippen molar-refractivity contribution in [2.75, 3.05) is 6.54 Å². The Morgan fingerprint density at radius 1 is 1.15 bits per heavy atom. The standard InChI is InChI=1S/C21H20F3N3/c1-12(15-7-5-4-6-8-15)26-13(2)17-11-25-21(27-14(17)3)20-18(23)9-16(22)10-19(20)24/h4-10,12,26H,2,11H2,1,3H3,(H,25,27). The van der Waals surface area contributed by atoms with Crippen molar-refractivity contribution in [1.82, 2.24) is 10.6 Å². The molecule has 0 aromatic heterocycles. The molecule has 0 spiro atoms. The Hall–Kier alpha value is -3.02. The molecule has 3 nitrogen and oxygen atoms in total. The maximum absolute atomic E-state index is 14.0. The smallest absolute Gasteiger partial charge is 0.140 e. The van der Waals surface area contributed by atoms with Crippen molar-refractivity contribution in [3.05, 3.63) is 94.6 Å². The minimum Gasteiger partial charge on any atom is -0.379 e. The molecule has 0 amide bonds. The van der Waals surface area contributed by atoms with Gasteiger partial charge in [-0.1, -0.05) is 36.9 Å². The highest BCUT2D eigenvalue weighted by Crippen LogP contribution is 2.22. The zero-order valence-corrected chi connectivity index (χ0v) is 15.1. The topological polar surface area (TPSA) is 36.4 Å². The minimum absolute atomic E-state index is 0.0372. The Balaban J connectivity index is 1.75. The molecule has 0 aliphatic carbocycles. The summed E-state index contributed by atoms with van der Waals surface area (Å²) in [5, 5.41) is 6.23. The number of benzene rings is 2. The number of allylic oxidation sites excluding steroid dienone is 1. The molecule has 1 aliphatic heterocycles. The molecule has 2 aromatic carbocycles. The Morgan fingerprint density at radius 3 is 2.37 bits per heavy atom. The summed E-state index contributed by atoms with van der Waals surface area (Å²) in [6, 6.07) is 11.2. The zero-order valence-electron chi connectivity index (χ0n) is 15.1. The normalized spacial score (nSPS) is 15.1. The van der Waals surface area contributed by atoms with Crippen LogP contribution in [0.4, 0.5) is 13.2 Å². The van der Waals surface area contributed by atoms with Crippen LogP contribution in [0.1, 0.15) is 31.0 Å². The summed E-state index contributed by atoms with van der Waals surface area (Å²) < 4.78 is 41.1. The van der Waals surface area contributed by atoms with Gasteiger partial charge in [0, 0.05) is 35.1 Å². The van der Waals surface area contributed by atoms with Gasteiger partial charge in [0.2, 0.25) is 0 Å². The molecule has 27 heavy (non-hydrogen) atoms. The summed E-state index contributed by atoms with van der Waals surface area (Å²) >= 11 is 0. The Morgan fingerprint density at radius 2 is 1.78 bits per heavy atom. The summed E-state index contributed by atoms with van der Waals surface area (Å²) in [6.07, 6.45) is 0. The van der Waals surface area contributed by atoms with Gasteiger partial charge in [-0.3, -0.25) is 4.99 Å². The number of amidine groups is 1. The van der Waals surface area contributed by atoms with Gasteiger partial charge in [0.25, 0.3) is 0 Å². The molecule has 1 unspecified atom stereocenters. The molecule has 2 aromatic rings. The SMILES string of the molecule is C=C(NC(C)c1ccccc1)C1=C(C)NC(c2c(F)cc(F)cc2F)=NC1. The molecule has 1 atom stereocenters. The molecule has 0 saturated carbocycles. The predicted molar refractivity (Wildman–Crippen MR) is 101 cm³/mol. The first kappa shape index (κ1) is 18.8. The van der Waals surface area contributed by atoms with Crippen LogP contribution in [0.2, 0.25) is 0 Å². The van der Waals surface area contributed by atoms with Crippen LogP contribution in [0, 0.1) is 17.5 Å². The first-order valence-electron chi connectivity index (χ1n) is 8.53. The zero-order chi connectivity index (χ0) is 19.6. The number of hydrogen-bond donors (Lipinski definition) is 2. The molecule has 0 fully saturated rings. The highest BCUT2D eigenvalue weighted by Gasteiger charge is 2.22. The Bertz CT molecular complexity index is 910. The fourth-order valence-corrected chi connectivity index (χ4v) is 2.97. The lowest BCUT2D eigenvalue weighted by atomic mass is 10.0. The number of aliphatic imine (C=N–C) groups is 1. The molecule has 3 rings (SSSR count). The lowest BCUT2D eigenvalue weighted by molar-refractivity contribution is 0.539. The van der Waals surface area contributed by atoms with Crippen molar-refractivity contribution in [3.8, 4) is 0 Å². The number of hydrogen-bond acceptors (Lipinski definition) is 3. The second kappa shape index (κ2) is 7.70. The van der Waals surface area contributed by atoms with Crippen molar-refractivity contribution < 1.29 is 13.2 Å². The minimum atomic E-state index is -0.996. The van der Waals surface area contributed by atoms with E-state index in [0.29, 0.717) is 23.5 Å². The maximum Gasteiger partial charge on any atom is 0.140 e. The summed E-state index contributed by atoms with van der Waals surface area (Å²) in [6.45, 7) is 8.07. The van der Waals surface area contributed by atoms with Gasteiger partial charge < -0.3 is 10.6 Å². The van der Waals surface area contributed by atoms with Crippen molar-refractivity contribution in [2.24, 2.45) is 4.99 Å². The van der Waals surface area contributed by atoms with E-state index in [1.807, 2.05) is 37.3 Å². The fourth-order valence-electron chi connectivity index (χ4n) is 2.97. The molecule has 6 heteroatoms. The van der Waals surface area contributed by atoms with Crippen LogP contribution in [0.3, 0.4) is 0 Å². The quantitative estimate of drug-likeness (QED) is 0.806. The average Bonchev–Trinajstić information content (AvgIpc) is 2.61. The maximum atomic E-state index is 14.0. The van der Waals surface area contributed by atoms with Crippen LogP contribution >= 0.6 is 0 Å². The van der Waals surface area contributed by atoms with E-state index in [-0.39, 0.29) is 24.0 Å². The number of nitrogens with one attached hydrogen (secondary N) is 2. The van der Waals surface area contributed by atoms with Gasteiger partial charge in [0.05, 0.1) is 12.1 Å². The molecule has 1 heterocycles. The van der Waals surface area contributed by atoms with E-state index in [1.165, 1.54) is 0 Å². The van der Waals surface area contributed by atoms with Crippen molar-refractivity contribution >= 4 is 5.84 Å². The van der Waals surface area contributed by atoms with E-state index in [2.05, 4.69) is 22.2 Å². The second-order valence-corrected chi connectivity index (χ2v) is 6.39. The first-order chi connectivity index (χ1) is 12.9. The van der Waals surface area contributed by atoms with Crippen molar-refractivity contribution in [1.29, 1.82) is 0 Å². The van der Waals surface area contributed by atoms with E-state index in [9.17, 15) is 13.2 Å². The van der Waals surface area contributed by atoms with E-state index < -0.39 is 17.5 Å². The van der Waals surface area contributed by atoms with Crippen molar-refractivity contribution in [2.45, 2.75) is 19.9 Å².